The number of benzene rings is 1. The Morgan fingerprint density at radius 2 is 1.00 bits per heavy atom. The van der Waals surface area contributed by atoms with Crippen molar-refractivity contribution in [3.63, 3.8) is 0 Å². The topological polar surface area (TPSA) is 18.5 Å². The predicted octanol–water partition coefficient (Wildman–Crippen LogP) is 12.6. The van der Waals surface area contributed by atoms with Gasteiger partial charge in [0.05, 0.1) is 13.2 Å². The zero-order valence-corrected chi connectivity index (χ0v) is 29.4. The molecule has 0 spiro atoms. The van der Waals surface area contributed by atoms with Crippen LogP contribution in [0.1, 0.15) is 138 Å². The van der Waals surface area contributed by atoms with Crippen molar-refractivity contribution in [2.24, 2.45) is 41.4 Å². The van der Waals surface area contributed by atoms with E-state index in [-0.39, 0.29) is 26.1 Å². The third-order valence-electron chi connectivity index (χ3n) is 9.55. The Labute approximate surface area is 271 Å². The monoisotopic (exact) mass is 629 g/mol. The van der Waals surface area contributed by atoms with Gasteiger partial charge in [0.15, 0.2) is 6.29 Å². The Kier molecular flexibility index (Phi) is 21.9. The Hall–Kier alpha value is -1.07. The molecule has 5 rings (SSSR count). The van der Waals surface area contributed by atoms with Crippen molar-refractivity contribution in [2.45, 2.75) is 159 Å². The fourth-order valence-corrected chi connectivity index (χ4v) is 5.74. The average Bonchev–Trinajstić information content (AvgIpc) is 2.95. The third-order valence-corrected chi connectivity index (χ3v) is 9.55. The molecule has 0 amide bonds. The van der Waals surface area contributed by atoms with Crippen LogP contribution in [0.25, 0.3) is 0 Å². The Balaban J connectivity index is 0.000000524. The summed E-state index contributed by atoms with van der Waals surface area (Å²) in [4.78, 5) is 0. The standard InChI is InChI=1S/C8H14F2.C8H15F.C8H16.C8H10.C6H12O2.CH4/c1-6-3-4-7(2)8(9,10)5-6;1-6-3-4-7(2)8(9)5-6;2*1-7-3-5-8(2)6-4-7;1-5-3-7-6(2)8-4-5;/h6-7H,3-5H2,1-2H3;6-8H,3-5H2,1-2H3;7-8H,3-6H2,1-2H3;3-6H,1-2H3;5-6H,3-4H2,1-2H3;1H4. The van der Waals surface area contributed by atoms with Gasteiger partial charge in [0, 0.05) is 18.3 Å². The summed E-state index contributed by atoms with van der Waals surface area (Å²) in [5.41, 5.74) is 2.66. The highest BCUT2D eigenvalue weighted by atomic mass is 19.3. The summed E-state index contributed by atoms with van der Waals surface area (Å²) >= 11 is 0. The minimum atomic E-state index is -2.39. The number of aryl methyl sites for hydroxylation is 2. The van der Waals surface area contributed by atoms with Gasteiger partial charge in [0.25, 0.3) is 5.92 Å². The minimum absolute atomic E-state index is 0. The average molecular weight is 629 g/mol. The summed E-state index contributed by atoms with van der Waals surface area (Å²) in [6.45, 7) is 22.4. The molecule has 0 aromatic heterocycles. The van der Waals surface area contributed by atoms with Crippen LogP contribution >= 0.6 is 0 Å². The van der Waals surface area contributed by atoms with Crippen molar-refractivity contribution < 1.29 is 22.6 Å². The zero-order valence-electron chi connectivity index (χ0n) is 29.4. The number of ether oxygens (including phenoxy) is 2. The van der Waals surface area contributed by atoms with E-state index in [9.17, 15) is 13.2 Å². The molecule has 4 aliphatic rings. The van der Waals surface area contributed by atoms with Crippen LogP contribution in [0.5, 0.6) is 0 Å². The second kappa shape index (κ2) is 22.5. The number of hydrogen-bond acceptors (Lipinski definition) is 2. The van der Waals surface area contributed by atoms with Crippen LogP contribution in [0.3, 0.4) is 0 Å². The molecular formula is C39H71F3O2. The van der Waals surface area contributed by atoms with Crippen molar-refractivity contribution in [3.8, 4) is 0 Å². The van der Waals surface area contributed by atoms with Crippen LogP contribution in [0.2, 0.25) is 0 Å². The fourth-order valence-electron chi connectivity index (χ4n) is 5.74. The fraction of sp³-hybridized carbons (Fsp3) is 0.846. The molecule has 1 saturated heterocycles. The molecular weight excluding hydrogens is 557 g/mol. The highest BCUT2D eigenvalue weighted by molar-refractivity contribution is 5.19. The second-order valence-corrected chi connectivity index (χ2v) is 14.8. The van der Waals surface area contributed by atoms with Crippen LogP contribution in [-0.2, 0) is 9.47 Å². The lowest BCUT2D eigenvalue weighted by Crippen LogP contribution is -2.32. The molecule has 5 unspecified atom stereocenters. The van der Waals surface area contributed by atoms with Gasteiger partial charge in [-0.3, -0.25) is 0 Å². The first-order valence-electron chi connectivity index (χ1n) is 17.4. The molecule has 1 aromatic rings. The van der Waals surface area contributed by atoms with Gasteiger partial charge in [-0.15, -0.1) is 0 Å². The molecule has 0 bridgehead atoms. The molecule has 260 valence electrons. The van der Waals surface area contributed by atoms with Crippen molar-refractivity contribution in [1.29, 1.82) is 0 Å². The lowest BCUT2D eigenvalue weighted by atomic mass is 9.81. The Morgan fingerprint density at radius 3 is 1.34 bits per heavy atom. The largest absolute Gasteiger partial charge is 0.353 e. The minimum Gasteiger partial charge on any atom is -0.353 e. The van der Waals surface area contributed by atoms with E-state index in [0.717, 1.165) is 44.3 Å². The molecule has 5 atom stereocenters. The number of hydrogen-bond donors (Lipinski definition) is 0. The highest BCUT2D eigenvalue weighted by Crippen LogP contribution is 2.40. The van der Waals surface area contributed by atoms with Gasteiger partial charge in [-0.2, -0.15) is 0 Å². The van der Waals surface area contributed by atoms with Crippen molar-refractivity contribution in [2.75, 3.05) is 13.2 Å². The molecule has 1 aliphatic heterocycles. The van der Waals surface area contributed by atoms with Gasteiger partial charge in [0.2, 0.25) is 0 Å². The van der Waals surface area contributed by atoms with Crippen LogP contribution in [0, 0.1) is 55.3 Å². The summed E-state index contributed by atoms with van der Waals surface area (Å²) in [5.74, 6) is 0.980. The van der Waals surface area contributed by atoms with E-state index in [1.807, 2.05) is 20.8 Å². The van der Waals surface area contributed by atoms with Gasteiger partial charge in [0.1, 0.15) is 6.17 Å². The predicted molar refractivity (Wildman–Crippen MR) is 184 cm³/mol. The second-order valence-electron chi connectivity index (χ2n) is 14.8. The molecule has 2 nitrogen and oxygen atoms in total. The number of alkyl halides is 3. The summed E-state index contributed by atoms with van der Waals surface area (Å²) in [6.07, 6.45) is 10.2. The first-order valence-corrected chi connectivity index (χ1v) is 17.4. The summed E-state index contributed by atoms with van der Waals surface area (Å²) in [6, 6.07) is 8.48. The molecule has 4 fully saturated rings. The van der Waals surface area contributed by atoms with E-state index in [1.165, 1.54) is 43.2 Å². The van der Waals surface area contributed by atoms with Gasteiger partial charge >= 0.3 is 0 Å². The smallest absolute Gasteiger partial charge is 0.250 e. The summed E-state index contributed by atoms with van der Waals surface area (Å²) in [7, 11) is 0. The molecule has 0 N–H and O–H groups in total. The first kappa shape index (κ1) is 42.9. The van der Waals surface area contributed by atoms with Crippen molar-refractivity contribution in [3.05, 3.63) is 35.4 Å². The maximum Gasteiger partial charge on any atom is 0.250 e. The lowest BCUT2D eigenvalue weighted by Gasteiger charge is -2.32. The van der Waals surface area contributed by atoms with Crippen molar-refractivity contribution >= 4 is 0 Å². The quantitative estimate of drug-likeness (QED) is 0.285. The van der Waals surface area contributed by atoms with Crippen LogP contribution in [-0.4, -0.2) is 31.6 Å². The SMILES string of the molecule is C.CC1CCC(C)C(F)(F)C1.CC1CCC(C)C(F)C1.CC1CCC(C)CC1.CC1COC(C)OC1.Cc1ccc(C)cc1. The molecule has 0 radical (unpaired) electrons. The molecule has 3 aliphatic carbocycles. The van der Waals surface area contributed by atoms with Gasteiger partial charge in [-0.25, -0.2) is 13.2 Å². The molecule has 1 aromatic carbocycles. The van der Waals surface area contributed by atoms with E-state index in [2.05, 4.69) is 65.8 Å². The maximum atomic E-state index is 12.8. The summed E-state index contributed by atoms with van der Waals surface area (Å²) < 4.78 is 48.9. The van der Waals surface area contributed by atoms with Crippen LogP contribution in [0.4, 0.5) is 13.2 Å². The van der Waals surface area contributed by atoms with E-state index in [4.69, 9.17) is 9.47 Å². The van der Waals surface area contributed by atoms with Gasteiger partial charge < -0.3 is 9.47 Å². The van der Waals surface area contributed by atoms with E-state index < -0.39 is 18.0 Å². The number of halogens is 3. The Bertz CT molecular complexity index is 752. The van der Waals surface area contributed by atoms with Crippen LogP contribution < -0.4 is 0 Å². The van der Waals surface area contributed by atoms with Gasteiger partial charge in [-0.1, -0.05) is 130 Å². The van der Waals surface area contributed by atoms with E-state index in [1.54, 1.807) is 6.92 Å². The third kappa shape index (κ3) is 19.4. The molecule has 3 saturated carbocycles. The lowest BCUT2D eigenvalue weighted by molar-refractivity contribution is -0.187. The normalized spacial score (nSPS) is 34.3. The van der Waals surface area contributed by atoms with E-state index in [0.29, 0.717) is 24.2 Å². The van der Waals surface area contributed by atoms with Gasteiger partial charge in [-0.05, 0) is 69.6 Å². The summed E-state index contributed by atoms with van der Waals surface area (Å²) in [5, 5.41) is 0. The zero-order chi connectivity index (χ0) is 32.6. The van der Waals surface area contributed by atoms with Crippen molar-refractivity contribution in [1.82, 2.24) is 0 Å². The first-order chi connectivity index (χ1) is 20.1. The Morgan fingerprint density at radius 1 is 0.591 bits per heavy atom. The molecule has 44 heavy (non-hydrogen) atoms. The van der Waals surface area contributed by atoms with Crippen LogP contribution in [0.15, 0.2) is 24.3 Å². The maximum absolute atomic E-state index is 12.8. The number of rotatable bonds is 0. The molecule has 5 heteroatoms. The van der Waals surface area contributed by atoms with E-state index >= 15 is 0 Å². The highest BCUT2D eigenvalue weighted by Gasteiger charge is 2.40. The molecule has 1 heterocycles.